The van der Waals surface area contributed by atoms with Crippen molar-refractivity contribution >= 4 is 10.8 Å². The van der Waals surface area contributed by atoms with Crippen LogP contribution in [0.1, 0.15) is 36.5 Å². The standard InChI is InChI=1S/C15H25NOS/c1-12-8-13(2)10-15(9-12)11-18(17)7-5-6-14(3)16-4/h8-10,14,16H,5-7,11H2,1-4H3. The van der Waals surface area contributed by atoms with Crippen molar-refractivity contribution in [3.8, 4) is 0 Å². The summed E-state index contributed by atoms with van der Waals surface area (Å²) < 4.78 is 12.0. The molecule has 0 saturated heterocycles. The van der Waals surface area contributed by atoms with Crippen LogP contribution in [0.3, 0.4) is 0 Å². The van der Waals surface area contributed by atoms with E-state index in [1.165, 1.54) is 16.7 Å². The SMILES string of the molecule is CNC(C)CCCS(=O)Cc1cc(C)cc(C)c1. The van der Waals surface area contributed by atoms with Crippen LogP contribution in [0.2, 0.25) is 0 Å². The average molecular weight is 267 g/mol. The zero-order valence-corrected chi connectivity index (χ0v) is 12.8. The van der Waals surface area contributed by atoms with Crippen LogP contribution in [0.25, 0.3) is 0 Å². The molecule has 0 aliphatic carbocycles. The first-order valence-electron chi connectivity index (χ1n) is 6.60. The third kappa shape index (κ3) is 5.78. The van der Waals surface area contributed by atoms with E-state index >= 15 is 0 Å². The molecule has 1 aromatic rings. The molecule has 0 aliphatic heterocycles. The highest BCUT2D eigenvalue weighted by Crippen LogP contribution is 2.11. The molecule has 2 atom stereocenters. The molecule has 0 aromatic heterocycles. The predicted octanol–water partition coefficient (Wildman–Crippen LogP) is 2.94. The molecular formula is C15H25NOS. The second-order valence-electron chi connectivity index (χ2n) is 5.12. The summed E-state index contributed by atoms with van der Waals surface area (Å²) in [5.41, 5.74) is 3.71. The fourth-order valence-corrected chi connectivity index (χ4v) is 3.28. The van der Waals surface area contributed by atoms with Crippen LogP contribution in [0.15, 0.2) is 18.2 Å². The van der Waals surface area contributed by atoms with Crippen molar-refractivity contribution in [1.29, 1.82) is 0 Å². The number of nitrogens with one attached hydrogen (secondary N) is 1. The number of hydrogen-bond acceptors (Lipinski definition) is 2. The number of hydrogen-bond donors (Lipinski definition) is 1. The summed E-state index contributed by atoms with van der Waals surface area (Å²) in [7, 11) is 1.24. The Morgan fingerprint density at radius 1 is 1.22 bits per heavy atom. The fraction of sp³-hybridized carbons (Fsp3) is 0.600. The predicted molar refractivity (Wildman–Crippen MR) is 80.4 cm³/mol. The van der Waals surface area contributed by atoms with Crippen molar-refractivity contribution in [2.45, 2.75) is 45.4 Å². The van der Waals surface area contributed by atoms with Gasteiger partial charge >= 0.3 is 0 Å². The Kier molecular flexibility index (Phi) is 6.58. The molecule has 2 unspecified atom stereocenters. The summed E-state index contributed by atoms with van der Waals surface area (Å²) >= 11 is 0. The second kappa shape index (κ2) is 7.70. The lowest BCUT2D eigenvalue weighted by Crippen LogP contribution is -2.21. The molecule has 3 heteroatoms. The summed E-state index contributed by atoms with van der Waals surface area (Å²) in [5, 5.41) is 3.20. The summed E-state index contributed by atoms with van der Waals surface area (Å²) in [5.74, 6) is 1.50. The van der Waals surface area contributed by atoms with Crippen molar-refractivity contribution in [2.24, 2.45) is 0 Å². The Hall–Kier alpha value is -0.670. The Balaban J connectivity index is 2.40. The molecule has 0 fully saturated rings. The first-order valence-corrected chi connectivity index (χ1v) is 8.09. The van der Waals surface area contributed by atoms with Gasteiger partial charge in [0.25, 0.3) is 0 Å². The van der Waals surface area contributed by atoms with Crippen molar-refractivity contribution in [2.75, 3.05) is 12.8 Å². The Labute approximate surface area is 114 Å². The van der Waals surface area contributed by atoms with Gasteiger partial charge in [-0.05, 0) is 46.2 Å². The Morgan fingerprint density at radius 3 is 2.39 bits per heavy atom. The van der Waals surface area contributed by atoms with Gasteiger partial charge in [0.1, 0.15) is 0 Å². The van der Waals surface area contributed by atoms with Gasteiger partial charge in [-0.1, -0.05) is 29.3 Å². The number of rotatable bonds is 7. The first kappa shape index (κ1) is 15.4. The van der Waals surface area contributed by atoms with Crippen LogP contribution in [0.4, 0.5) is 0 Å². The Morgan fingerprint density at radius 2 is 1.83 bits per heavy atom. The van der Waals surface area contributed by atoms with E-state index in [-0.39, 0.29) is 0 Å². The first-order chi connectivity index (χ1) is 8.51. The van der Waals surface area contributed by atoms with Gasteiger partial charge in [0.15, 0.2) is 0 Å². The largest absolute Gasteiger partial charge is 0.317 e. The monoisotopic (exact) mass is 267 g/mol. The molecular weight excluding hydrogens is 242 g/mol. The molecule has 1 rings (SSSR count). The van der Waals surface area contributed by atoms with E-state index in [0.717, 1.165) is 18.6 Å². The van der Waals surface area contributed by atoms with Crippen LogP contribution in [0.5, 0.6) is 0 Å². The molecule has 1 N–H and O–H groups in total. The quantitative estimate of drug-likeness (QED) is 0.823. The summed E-state index contributed by atoms with van der Waals surface area (Å²) in [4.78, 5) is 0. The summed E-state index contributed by atoms with van der Waals surface area (Å²) in [6.45, 7) is 6.34. The highest BCUT2D eigenvalue weighted by Gasteiger charge is 2.05. The van der Waals surface area contributed by atoms with Crippen molar-refractivity contribution in [1.82, 2.24) is 5.32 Å². The third-order valence-corrected chi connectivity index (χ3v) is 4.51. The van der Waals surface area contributed by atoms with Gasteiger partial charge in [0.2, 0.25) is 0 Å². The minimum Gasteiger partial charge on any atom is -0.317 e. The van der Waals surface area contributed by atoms with Gasteiger partial charge in [-0.2, -0.15) is 0 Å². The van der Waals surface area contributed by atoms with Gasteiger partial charge < -0.3 is 5.32 Å². The molecule has 2 nitrogen and oxygen atoms in total. The maximum absolute atomic E-state index is 12.0. The van der Waals surface area contributed by atoms with E-state index in [4.69, 9.17) is 0 Å². The number of aryl methyl sites for hydroxylation is 2. The lowest BCUT2D eigenvalue weighted by Gasteiger charge is -2.09. The maximum atomic E-state index is 12.0. The van der Waals surface area contributed by atoms with Crippen LogP contribution in [0, 0.1) is 13.8 Å². The second-order valence-corrected chi connectivity index (χ2v) is 6.69. The molecule has 0 amide bonds. The fourth-order valence-electron chi connectivity index (χ4n) is 2.11. The van der Waals surface area contributed by atoms with Gasteiger partial charge in [0, 0.05) is 28.3 Å². The molecule has 102 valence electrons. The van der Waals surface area contributed by atoms with E-state index in [1.807, 2.05) is 7.05 Å². The smallest absolute Gasteiger partial charge is 0.0485 e. The van der Waals surface area contributed by atoms with Crippen LogP contribution in [-0.4, -0.2) is 23.1 Å². The minimum atomic E-state index is -0.734. The van der Waals surface area contributed by atoms with E-state index in [2.05, 4.69) is 44.3 Å². The van der Waals surface area contributed by atoms with Crippen LogP contribution >= 0.6 is 0 Å². The summed E-state index contributed by atoms with van der Waals surface area (Å²) in [6, 6.07) is 6.95. The minimum absolute atomic E-state index is 0.517. The zero-order chi connectivity index (χ0) is 13.5. The molecule has 18 heavy (non-hydrogen) atoms. The summed E-state index contributed by atoms with van der Waals surface area (Å²) in [6.07, 6.45) is 2.12. The molecule has 0 spiro atoms. The number of benzene rings is 1. The third-order valence-electron chi connectivity index (χ3n) is 3.11. The average Bonchev–Trinajstić information content (AvgIpc) is 2.27. The van der Waals surface area contributed by atoms with Crippen molar-refractivity contribution in [3.05, 3.63) is 34.9 Å². The van der Waals surface area contributed by atoms with Crippen molar-refractivity contribution in [3.63, 3.8) is 0 Å². The maximum Gasteiger partial charge on any atom is 0.0485 e. The molecule has 0 saturated carbocycles. The molecule has 1 aromatic carbocycles. The molecule has 0 aliphatic rings. The van der Waals surface area contributed by atoms with E-state index in [1.54, 1.807) is 0 Å². The van der Waals surface area contributed by atoms with Crippen LogP contribution in [-0.2, 0) is 16.6 Å². The topological polar surface area (TPSA) is 29.1 Å². The van der Waals surface area contributed by atoms with Gasteiger partial charge in [0.05, 0.1) is 0 Å². The molecule has 0 heterocycles. The molecule has 0 bridgehead atoms. The van der Waals surface area contributed by atoms with E-state index in [0.29, 0.717) is 11.8 Å². The van der Waals surface area contributed by atoms with Gasteiger partial charge in [-0.15, -0.1) is 0 Å². The lowest BCUT2D eigenvalue weighted by molar-refractivity contribution is 0.557. The highest BCUT2D eigenvalue weighted by molar-refractivity contribution is 7.84. The van der Waals surface area contributed by atoms with E-state index < -0.39 is 10.8 Å². The lowest BCUT2D eigenvalue weighted by atomic mass is 10.1. The van der Waals surface area contributed by atoms with E-state index in [9.17, 15) is 4.21 Å². The van der Waals surface area contributed by atoms with Crippen molar-refractivity contribution < 1.29 is 4.21 Å². The van der Waals surface area contributed by atoms with Gasteiger partial charge in [-0.3, -0.25) is 4.21 Å². The highest BCUT2D eigenvalue weighted by atomic mass is 32.2. The normalized spacial score (nSPS) is 14.4. The van der Waals surface area contributed by atoms with Gasteiger partial charge in [-0.25, -0.2) is 0 Å². The zero-order valence-electron chi connectivity index (χ0n) is 12.0. The molecule has 0 radical (unpaired) electrons. The Bertz CT molecular complexity index is 383. The van der Waals surface area contributed by atoms with Crippen LogP contribution < -0.4 is 5.32 Å².